The van der Waals surface area contributed by atoms with E-state index in [0.717, 1.165) is 0 Å². The van der Waals surface area contributed by atoms with Crippen LogP contribution in [-0.4, -0.2) is 21.4 Å². The molecule has 0 rings (SSSR count). The quantitative estimate of drug-likeness (QED) is 0.264. The third kappa shape index (κ3) is 6390. The molecule has 0 bridgehead atoms. The average molecular weight is 210 g/mol. The zero-order valence-electron chi connectivity index (χ0n) is 5.34. The number of hydrogen-bond donors (Lipinski definition) is 5. The van der Waals surface area contributed by atoms with Crippen LogP contribution in [0.25, 0.3) is 0 Å². The predicted octanol–water partition coefficient (Wildman–Crippen LogP) is -2.94. The standard InChI is InChI=1S/H4N2O2S.H3NO3S.H3N/c2*1-5(2,3)4;/h(H4,1,2,3,4);(H3,1,2,3,4);1H3. The number of nitrogens with two attached hydrogens (primary N) is 3. The molecule has 0 aliphatic rings. The van der Waals surface area contributed by atoms with E-state index < -0.39 is 20.5 Å². The van der Waals surface area contributed by atoms with Crippen LogP contribution in [0.15, 0.2) is 0 Å². The molecule has 0 fully saturated rings. The van der Waals surface area contributed by atoms with Gasteiger partial charge >= 0.3 is 10.3 Å². The fraction of sp³-hybridized carbons (Fsp3) is 0. The van der Waals surface area contributed by atoms with E-state index in [1.54, 1.807) is 0 Å². The molecular formula is H10N4O5S2. The van der Waals surface area contributed by atoms with Crippen LogP contribution < -0.4 is 21.6 Å². The fourth-order valence-corrected chi connectivity index (χ4v) is 0. The van der Waals surface area contributed by atoms with Gasteiger partial charge in [0.2, 0.25) is 0 Å². The molecule has 0 aromatic rings. The molecule has 11 heteroatoms. The van der Waals surface area contributed by atoms with Crippen LogP contribution in [0.2, 0.25) is 0 Å². The average Bonchev–Trinajstić information content (AvgIpc) is 1.12. The molecule has 0 aromatic carbocycles. The van der Waals surface area contributed by atoms with Crippen molar-refractivity contribution >= 4 is 20.5 Å². The van der Waals surface area contributed by atoms with Gasteiger partial charge in [0.15, 0.2) is 0 Å². The molecule has 0 aromatic heterocycles. The smallest absolute Gasteiger partial charge is 0.330 e. The Morgan fingerprint density at radius 3 is 0.909 bits per heavy atom. The van der Waals surface area contributed by atoms with Gasteiger partial charge in [0.1, 0.15) is 0 Å². The Morgan fingerprint density at radius 2 is 0.909 bits per heavy atom. The lowest BCUT2D eigenvalue weighted by Crippen LogP contribution is -2.21. The second kappa shape index (κ2) is 5.36. The van der Waals surface area contributed by atoms with Gasteiger partial charge < -0.3 is 6.15 Å². The van der Waals surface area contributed by atoms with E-state index in [4.69, 9.17) is 13.0 Å². The van der Waals surface area contributed by atoms with Gasteiger partial charge in [-0.15, -0.1) is 0 Å². The summed E-state index contributed by atoms with van der Waals surface area (Å²) in [5, 5.41) is 12.1. The highest BCUT2D eigenvalue weighted by Gasteiger charge is 1.81. The Labute approximate surface area is 64.2 Å². The molecule has 0 saturated heterocycles. The van der Waals surface area contributed by atoms with E-state index >= 15 is 0 Å². The van der Waals surface area contributed by atoms with Crippen LogP contribution in [0.1, 0.15) is 0 Å². The molecule has 0 saturated carbocycles. The van der Waals surface area contributed by atoms with Gasteiger partial charge in [-0.1, -0.05) is 0 Å². The van der Waals surface area contributed by atoms with Crippen molar-refractivity contribution in [2.75, 3.05) is 0 Å². The van der Waals surface area contributed by atoms with Crippen molar-refractivity contribution in [3.05, 3.63) is 0 Å². The summed E-state index contributed by atoms with van der Waals surface area (Å²) < 4.78 is 43.6. The highest BCUT2D eigenvalue weighted by atomic mass is 32.2. The van der Waals surface area contributed by atoms with Crippen LogP contribution in [0.3, 0.4) is 0 Å². The monoisotopic (exact) mass is 210 g/mol. The zero-order chi connectivity index (χ0) is 9.00. The van der Waals surface area contributed by atoms with E-state index in [1.165, 1.54) is 0 Å². The minimum atomic E-state index is -4.17. The van der Waals surface area contributed by atoms with Crippen LogP contribution in [-0.2, 0) is 20.5 Å². The molecule has 72 valence electrons. The number of rotatable bonds is 0. The van der Waals surface area contributed by atoms with E-state index in [1.807, 2.05) is 0 Å². The molecule has 9 nitrogen and oxygen atoms in total. The van der Waals surface area contributed by atoms with Crippen molar-refractivity contribution in [1.82, 2.24) is 6.15 Å². The third-order valence-corrected chi connectivity index (χ3v) is 0. The molecule has 0 unspecified atom stereocenters. The van der Waals surface area contributed by atoms with Crippen molar-refractivity contribution in [3.8, 4) is 0 Å². The van der Waals surface area contributed by atoms with Gasteiger partial charge in [-0.2, -0.15) is 16.8 Å². The first-order valence-electron chi connectivity index (χ1n) is 1.56. The molecule has 0 amide bonds. The molecular weight excluding hydrogens is 200 g/mol. The van der Waals surface area contributed by atoms with Crippen LogP contribution in [0.5, 0.6) is 0 Å². The molecule has 0 aliphatic heterocycles. The Morgan fingerprint density at radius 1 is 0.909 bits per heavy atom. The lowest BCUT2D eigenvalue weighted by molar-refractivity contribution is 0.485. The van der Waals surface area contributed by atoms with Crippen LogP contribution in [0, 0.1) is 0 Å². The summed E-state index contributed by atoms with van der Waals surface area (Å²) in [5.74, 6) is 0. The SMILES string of the molecule is N.NS(=O)(=O)O.NS(N)(=O)=O. The Balaban J connectivity index is -0.000000107. The van der Waals surface area contributed by atoms with Gasteiger partial charge in [0.05, 0.1) is 0 Å². The second-order valence-corrected chi connectivity index (χ2v) is 3.31. The maximum Gasteiger partial charge on any atom is 0.330 e. The summed E-state index contributed by atoms with van der Waals surface area (Å²) in [5.41, 5.74) is 0. The molecule has 0 radical (unpaired) electrons. The minimum Gasteiger partial charge on any atom is -0.344 e. The van der Waals surface area contributed by atoms with E-state index in [-0.39, 0.29) is 6.15 Å². The largest absolute Gasteiger partial charge is 0.344 e. The Hall–Kier alpha value is -0.300. The maximum absolute atomic E-state index is 9.19. The second-order valence-electron chi connectivity index (χ2n) is 1.10. The van der Waals surface area contributed by atoms with Crippen molar-refractivity contribution < 1.29 is 21.4 Å². The first-order valence-corrected chi connectivity index (χ1v) is 4.67. The number of hydrogen-bond acceptors (Lipinski definition) is 5. The Bertz CT molecular complexity index is 213. The van der Waals surface area contributed by atoms with Crippen molar-refractivity contribution in [2.24, 2.45) is 15.4 Å². The molecule has 0 atom stereocenters. The highest BCUT2D eigenvalue weighted by Crippen LogP contribution is 1.50. The molecule has 10 N–H and O–H groups in total. The summed E-state index contributed by atoms with van der Waals surface area (Å²) in [4.78, 5) is 0. The van der Waals surface area contributed by atoms with Crippen LogP contribution in [0.4, 0.5) is 0 Å². The first-order chi connectivity index (χ1) is 4.00. The topological polar surface area (TPSA) is 202 Å². The van der Waals surface area contributed by atoms with Crippen molar-refractivity contribution in [3.63, 3.8) is 0 Å². The summed E-state index contributed by atoms with van der Waals surface area (Å²) in [6.07, 6.45) is 0. The van der Waals surface area contributed by atoms with Crippen molar-refractivity contribution in [1.29, 1.82) is 0 Å². The lowest BCUT2D eigenvalue weighted by Gasteiger charge is -1.72. The minimum absolute atomic E-state index is 0. The van der Waals surface area contributed by atoms with E-state index in [9.17, 15) is 8.42 Å². The third-order valence-electron chi connectivity index (χ3n) is 0. The summed E-state index contributed by atoms with van der Waals surface area (Å²) in [6, 6.07) is 0. The highest BCUT2D eigenvalue weighted by molar-refractivity contribution is 7.86. The van der Waals surface area contributed by atoms with Gasteiger partial charge in [-0.05, 0) is 0 Å². The first kappa shape index (κ1) is 17.0. The van der Waals surface area contributed by atoms with E-state index in [0.29, 0.717) is 0 Å². The maximum atomic E-state index is 9.19. The Kier molecular flexibility index (Phi) is 8.28. The molecule has 11 heavy (non-hydrogen) atoms. The predicted molar refractivity (Wildman–Crippen MR) is 38.1 cm³/mol. The summed E-state index contributed by atoms with van der Waals surface area (Å²) >= 11 is 0. The van der Waals surface area contributed by atoms with Gasteiger partial charge in [-0.3, -0.25) is 4.55 Å². The van der Waals surface area contributed by atoms with E-state index in [2.05, 4.69) is 15.4 Å². The molecule has 0 heterocycles. The fourth-order valence-electron chi connectivity index (χ4n) is 0. The zero-order valence-corrected chi connectivity index (χ0v) is 6.97. The van der Waals surface area contributed by atoms with Gasteiger partial charge in [0.25, 0.3) is 10.2 Å². The van der Waals surface area contributed by atoms with Crippen LogP contribution >= 0.6 is 0 Å². The normalized spacial score (nSPS) is 10.5. The molecule has 0 aliphatic carbocycles. The van der Waals surface area contributed by atoms with Gasteiger partial charge in [-0.25, -0.2) is 15.4 Å². The summed E-state index contributed by atoms with van der Waals surface area (Å²) in [7, 11) is -7.83. The summed E-state index contributed by atoms with van der Waals surface area (Å²) in [6.45, 7) is 0. The lowest BCUT2D eigenvalue weighted by atomic mass is 13.9. The molecule has 0 spiro atoms. The van der Waals surface area contributed by atoms with Crippen molar-refractivity contribution in [2.45, 2.75) is 0 Å². The van der Waals surface area contributed by atoms with Gasteiger partial charge in [0, 0.05) is 0 Å².